The lowest BCUT2D eigenvalue weighted by atomic mass is 10.00. The highest BCUT2D eigenvalue weighted by molar-refractivity contribution is 6.32. The van der Waals surface area contributed by atoms with E-state index in [1.54, 1.807) is 7.11 Å². The Morgan fingerprint density at radius 2 is 1.90 bits per heavy atom. The molecule has 0 saturated heterocycles. The van der Waals surface area contributed by atoms with Gasteiger partial charge in [0.15, 0.2) is 0 Å². The minimum atomic E-state index is 0.156. The first-order chi connectivity index (χ1) is 9.92. The van der Waals surface area contributed by atoms with Crippen LogP contribution in [0.3, 0.4) is 0 Å². The van der Waals surface area contributed by atoms with Crippen molar-refractivity contribution >= 4 is 17.3 Å². The Bertz CT molecular complexity index is 632. The third kappa shape index (κ3) is 3.48. The van der Waals surface area contributed by atoms with Crippen LogP contribution in [-0.4, -0.2) is 12.1 Å². The number of hydrogen-bond acceptors (Lipinski definition) is 3. The van der Waals surface area contributed by atoms with Crippen molar-refractivity contribution in [2.75, 3.05) is 12.4 Å². The number of aromatic nitrogens is 1. The summed E-state index contributed by atoms with van der Waals surface area (Å²) in [4.78, 5) is 4.56. The van der Waals surface area contributed by atoms with Crippen LogP contribution >= 0.6 is 11.6 Å². The fourth-order valence-electron chi connectivity index (χ4n) is 2.76. The molecule has 0 spiro atoms. The van der Waals surface area contributed by atoms with Crippen molar-refractivity contribution in [1.29, 1.82) is 0 Å². The smallest absolute Gasteiger partial charge is 0.139 e. The summed E-state index contributed by atoms with van der Waals surface area (Å²) in [6.45, 7) is 8.33. The minimum Gasteiger partial charge on any atom is -0.495 e. The predicted molar refractivity (Wildman–Crippen MR) is 88.5 cm³/mol. The Hall–Kier alpha value is -1.74. The van der Waals surface area contributed by atoms with E-state index in [9.17, 15) is 0 Å². The number of halogens is 1. The standard InChI is InChI=1S/C17H21ClN2O/c1-10-8-11(2)19-12(3)17(10)13(4)20-14-6-7-15(18)16(9-14)21-5/h6-9,13,20H,1-5H3. The van der Waals surface area contributed by atoms with Gasteiger partial charge >= 0.3 is 0 Å². The number of nitrogens with one attached hydrogen (secondary N) is 1. The van der Waals surface area contributed by atoms with Gasteiger partial charge in [-0.3, -0.25) is 4.98 Å². The van der Waals surface area contributed by atoms with Gasteiger partial charge in [0.05, 0.1) is 18.2 Å². The minimum absolute atomic E-state index is 0.156. The number of aryl methyl sites for hydroxylation is 3. The Labute approximate surface area is 131 Å². The van der Waals surface area contributed by atoms with Crippen LogP contribution in [0.5, 0.6) is 5.75 Å². The summed E-state index contributed by atoms with van der Waals surface area (Å²) in [5, 5.41) is 4.09. The third-order valence-corrected chi connectivity index (χ3v) is 3.86. The molecule has 4 heteroatoms. The largest absolute Gasteiger partial charge is 0.495 e. The number of benzene rings is 1. The van der Waals surface area contributed by atoms with Gasteiger partial charge < -0.3 is 10.1 Å². The number of methoxy groups -OCH3 is 1. The summed E-state index contributed by atoms with van der Waals surface area (Å²) in [6.07, 6.45) is 0. The third-order valence-electron chi connectivity index (χ3n) is 3.55. The van der Waals surface area contributed by atoms with Crippen LogP contribution in [0.4, 0.5) is 5.69 Å². The molecule has 0 aliphatic heterocycles. The molecule has 0 bridgehead atoms. The Balaban J connectivity index is 2.28. The zero-order valence-electron chi connectivity index (χ0n) is 13.1. The normalized spacial score (nSPS) is 12.1. The van der Waals surface area contributed by atoms with E-state index in [1.165, 1.54) is 11.1 Å². The Morgan fingerprint density at radius 3 is 2.52 bits per heavy atom. The molecule has 1 heterocycles. The van der Waals surface area contributed by atoms with E-state index in [0.29, 0.717) is 10.8 Å². The van der Waals surface area contributed by atoms with Gasteiger partial charge in [0.1, 0.15) is 5.75 Å². The summed E-state index contributed by atoms with van der Waals surface area (Å²) in [6, 6.07) is 7.97. The second-order valence-electron chi connectivity index (χ2n) is 5.29. The zero-order chi connectivity index (χ0) is 15.6. The second kappa shape index (κ2) is 6.35. The highest BCUT2D eigenvalue weighted by Gasteiger charge is 2.13. The number of anilines is 1. The van der Waals surface area contributed by atoms with Crippen molar-refractivity contribution in [2.45, 2.75) is 33.7 Å². The summed E-state index contributed by atoms with van der Waals surface area (Å²) >= 11 is 6.05. The van der Waals surface area contributed by atoms with Crippen molar-refractivity contribution in [3.8, 4) is 5.75 Å². The monoisotopic (exact) mass is 304 g/mol. The number of pyridine rings is 1. The van der Waals surface area contributed by atoms with E-state index < -0.39 is 0 Å². The van der Waals surface area contributed by atoms with Crippen LogP contribution in [0.1, 0.15) is 35.5 Å². The van der Waals surface area contributed by atoms with Crippen LogP contribution in [0.15, 0.2) is 24.3 Å². The zero-order valence-corrected chi connectivity index (χ0v) is 13.9. The van der Waals surface area contributed by atoms with Gasteiger partial charge in [-0.25, -0.2) is 0 Å². The van der Waals surface area contributed by atoms with Crippen LogP contribution < -0.4 is 10.1 Å². The average Bonchev–Trinajstić information content (AvgIpc) is 2.39. The van der Waals surface area contributed by atoms with Crippen LogP contribution in [-0.2, 0) is 0 Å². The Morgan fingerprint density at radius 1 is 1.19 bits per heavy atom. The molecule has 0 amide bonds. The molecule has 1 unspecified atom stereocenters. The summed E-state index contributed by atoms with van der Waals surface area (Å²) in [5.74, 6) is 0.671. The van der Waals surface area contributed by atoms with Crippen molar-refractivity contribution in [3.63, 3.8) is 0 Å². The van der Waals surface area contributed by atoms with E-state index in [4.69, 9.17) is 16.3 Å². The molecule has 0 aliphatic rings. The second-order valence-corrected chi connectivity index (χ2v) is 5.70. The predicted octanol–water partition coefficient (Wildman–Crippen LogP) is 4.84. The van der Waals surface area contributed by atoms with Gasteiger partial charge in [0.2, 0.25) is 0 Å². The van der Waals surface area contributed by atoms with E-state index in [2.05, 4.69) is 37.1 Å². The van der Waals surface area contributed by atoms with E-state index in [1.807, 2.05) is 25.1 Å². The average molecular weight is 305 g/mol. The van der Waals surface area contributed by atoms with Gasteiger partial charge in [-0.2, -0.15) is 0 Å². The van der Waals surface area contributed by atoms with Crippen molar-refractivity contribution in [3.05, 3.63) is 51.8 Å². The lowest BCUT2D eigenvalue weighted by Crippen LogP contribution is -2.11. The maximum absolute atomic E-state index is 6.05. The first-order valence-corrected chi connectivity index (χ1v) is 7.35. The van der Waals surface area contributed by atoms with E-state index in [-0.39, 0.29) is 6.04 Å². The number of rotatable bonds is 4. The van der Waals surface area contributed by atoms with Crippen LogP contribution in [0.25, 0.3) is 0 Å². The molecule has 0 radical (unpaired) electrons. The summed E-state index contributed by atoms with van der Waals surface area (Å²) in [5.41, 5.74) is 5.57. The molecule has 1 aromatic heterocycles. The summed E-state index contributed by atoms with van der Waals surface area (Å²) < 4.78 is 5.25. The molecule has 2 rings (SSSR count). The van der Waals surface area contributed by atoms with Gasteiger partial charge in [0, 0.05) is 23.1 Å². The lowest BCUT2D eigenvalue weighted by Gasteiger charge is -2.20. The first-order valence-electron chi connectivity index (χ1n) is 6.97. The molecular weight excluding hydrogens is 284 g/mol. The van der Waals surface area contributed by atoms with E-state index in [0.717, 1.165) is 17.1 Å². The molecule has 0 saturated carbocycles. The van der Waals surface area contributed by atoms with Gasteiger partial charge in [0.25, 0.3) is 0 Å². The molecule has 1 atom stereocenters. The fourth-order valence-corrected chi connectivity index (χ4v) is 2.95. The fraction of sp³-hybridized carbons (Fsp3) is 0.353. The number of nitrogens with zero attached hydrogens (tertiary/aromatic N) is 1. The van der Waals surface area contributed by atoms with Crippen molar-refractivity contribution in [2.24, 2.45) is 0 Å². The van der Waals surface area contributed by atoms with Gasteiger partial charge in [-0.05, 0) is 57.0 Å². The van der Waals surface area contributed by atoms with Crippen molar-refractivity contribution < 1.29 is 4.74 Å². The molecule has 0 aliphatic carbocycles. The summed E-state index contributed by atoms with van der Waals surface area (Å²) in [7, 11) is 1.62. The molecule has 1 aromatic carbocycles. The number of ether oxygens (including phenoxy) is 1. The molecule has 1 N–H and O–H groups in total. The molecule has 21 heavy (non-hydrogen) atoms. The lowest BCUT2D eigenvalue weighted by molar-refractivity contribution is 0.415. The highest BCUT2D eigenvalue weighted by atomic mass is 35.5. The Kier molecular flexibility index (Phi) is 4.73. The van der Waals surface area contributed by atoms with Gasteiger partial charge in [-0.1, -0.05) is 11.6 Å². The molecule has 2 aromatic rings. The number of hydrogen-bond donors (Lipinski definition) is 1. The molecular formula is C17H21ClN2O. The topological polar surface area (TPSA) is 34.1 Å². The first kappa shape index (κ1) is 15.6. The van der Waals surface area contributed by atoms with Gasteiger partial charge in [-0.15, -0.1) is 0 Å². The molecule has 112 valence electrons. The quantitative estimate of drug-likeness (QED) is 0.877. The van der Waals surface area contributed by atoms with Crippen LogP contribution in [0, 0.1) is 20.8 Å². The van der Waals surface area contributed by atoms with Crippen LogP contribution in [0.2, 0.25) is 5.02 Å². The molecule has 0 fully saturated rings. The van der Waals surface area contributed by atoms with E-state index >= 15 is 0 Å². The maximum Gasteiger partial charge on any atom is 0.139 e. The van der Waals surface area contributed by atoms with Crippen molar-refractivity contribution in [1.82, 2.24) is 4.98 Å². The highest BCUT2D eigenvalue weighted by Crippen LogP contribution is 2.30. The maximum atomic E-state index is 6.05. The molecule has 3 nitrogen and oxygen atoms in total. The SMILES string of the molecule is COc1cc(NC(C)c2c(C)cc(C)nc2C)ccc1Cl.